The van der Waals surface area contributed by atoms with Crippen LogP contribution in [0.15, 0.2) is 18.2 Å². The van der Waals surface area contributed by atoms with E-state index in [1.807, 2.05) is 0 Å². The normalized spacial score (nSPS) is 12.0. The number of carbonyl (C=O) groups excluding carboxylic acids is 2. The summed E-state index contributed by atoms with van der Waals surface area (Å²) in [5, 5.41) is 0. The minimum absolute atomic E-state index is 0.0153. The monoisotopic (exact) mass is 257 g/mol. The average molecular weight is 257 g/mol. The SMILES string of the molecule is COC(=O)CCC(N)C(=O)c1cc(F)ccc1F. The Hall–Kier alpha value is -1.82. The molecule has 1 rings (SSSR count). The molecule has 0 radical (unpaired) electrons. The van der Waals surface area contributed by atoms with Crippen LogP contribution in [-0.2, 0) is 9.53 Å². The minimum atomic E-state index is -1.07. The van der Waals surface area contributed by atoms with Crippen LogP contribution in [-0.4, -0.2) is 24.9 Å². The second-order valence-electron chi connectivity index (χ2n) is 3.71. The van der Waals surface area contributed by atoms with E-state index in [1.54, 1.807) is 0 Å². The Morgan fingerprint density at radius 2 is 2.06 bits per heavy atom. The third-order valence-electron chi connectivity index (χ3n) is 2.42. The molecule has 0 spiro atoms. The van der Waals surface area contributed by atoms with Crippen molar-refractivity contribution in [3.05, 3.63) is 35.4 Å². The summed E-state index contributed by atoms with van der Waals surface area (Å²) in [4.78, 5) is 22.6. The maximum absolute atomic E-state index is 13.3. The molecule has 0 aromatic heterocycles. The predicted molar refractivity (Wildman–Crippen MR) is 59.9 cm³/mol. The van der Waals surface area contributed by atoms with Crippen LogP contribution < -0.4 is 5.73 Å². The topological polar surface area (TPSA) is 69.4 Å². The van der Waals surface area contributed by atoms with Gasteiger partial charge in [0.1, 0.15) is 11.6 Å². The lowest BCUT2D eigenvalue weighted by Crippen LogP contribution is -2.32. The lowest BCUT2D eigenvalue weighted by molar-refractivity contribution is -0.140. The summed E-state index contributed by atoms with van der Waals surface area (Å²) in [5.74, 6) is -2.82. The van der Waals surface area contributed by atoms with Crippen LogP contribution in [0.5, 0.6) is 0 Å². The van der Waals surface area contributed by atoms with Crippen LogP contribution in [0.1, 0.15) is 23.2 Å². The highest BCUT2D eigenvalue weighted by atomic mass is 19.1. The Kier molecular flexibility index (Phi) is 4.91. The fourth-order valence-electron chi connectivity index (χ4n) is 1.39. The summed E-state index contributed by atoms with van der Waals surface area (Å²) in [7, 11) is 1.21. The van der Waals surface area contributed by atoms with E-state index in [9.17, 15) is 18.4 Å². The first kappa shape index (κ1) is 14.2. The fraction of sp³-hybridized carbons (Fsp3) is 0.333. The van der Waals surface area contributed by atoms with E-state index in [0.29, 0.717) is 0 Å². The molecule has 0 saturated carbocycles. The molecule has 1 atom stereocenters. The molecule has 0 aliphatic rings. The highest BCUT2D eigenvalue weighted by Crippen LogP contribution is 2.13. The van der Waals surface area contributed by atoms with E-state index in [4.69, 9.17) is 5.73 Å². The van der Waals surface area contributed by atoms with Crippen LogP contribution >= 0.6 is 0 Å². The number of ether oxygens (including phenoxy) is 1. The Balaban J connectivity index is 2.74. The van der Waals surface area contributed by atoms with Crippen molar-refractivity contribution in [3.63, 3.8) is 0 Å². The first-order chi connectivity index (χ1) is 8.45. The molecule has 6 heteroatoms. The molecule has 4 nitrogen and oxygen atoms in total. The molecule has 0 saturated heterocycles. The summed E-state index contributed by atoms with van der Waals surface area (Å²) in [6.45, 7) is 0. The Morgan fingerprint density at radius 3 is 2.67 bits per heavy atom. The van der Waals surface area contributed by atoms with Crippen LogP contribution in [0.2, 0.25) is 0 Å². The zero-order chi connectivity index (χ0) is 13.7. The van der Waals surface area contributed by atoms with Gasteiger partial charge in [0.2, 0.25) is 0 Å². The molecule has 1 aromatic rings. The molecular weight excluding hydrogens is 244 g/mol. The first-order valence-electron chi connectivity index (χ1n) is 5.27. The molecule has 0 aliphatic carbocycles. The minimum Gasteiger partial charge on any atom is -0.469 e. The molecule has 0 fully saturated rings. The number of halogens is 2. The second kappa shape index (κ2) is 6.20. The number of hydrogen-bond acceptors (Lipinski definition) is 4. The summed E-state index contributed by atoms with van der Waals surface area (Å²) in [6, 6.07) is 1.48. The highest BCUT2D eigenvalue weighted by molar-refractivity contribution is 6.00. The van der Waals surface area contributed by atoms with Gasteiger partial charge < -0.3 is 10.5 Å². The van der Waals surface area contributed by atoms with Gasteiger partial charge >= 0.3 is 5.97 Å². The van der Waals surface area contributed by atoms with Crippen molar-refractivity contribution in [1.82, 2.24) is 0 Å². The lowest BCUT2D eigenvalue weighted by Gasteiger charge is -2.10. The zero-order valence-corrected chi connectivity index (χ0v) is 9.78. The Bertz CT molecular complexity index is 463. The van der Waals surface area contributed by atoms with Gasteiger partial charge in [-0.1, -0.05) is 0 Å². The standard InChI is InChI=1S/C12H13F2NO3/c1-18-11(16)5-4-10(15)12(17)8-6-7(13)2-3-9(8)14/h2-3,6,10H,4-5,15H2,1H3. The summed E-state index contributed by atoms with van der Waals surface area (Å²) in [5.41, 5.74) is 5.11. The van der Waals surface area contributed by atoms with Crippen molar-refractivity contribution >= 4 is 11.8 Å². The van der Waals surface area contributed by atoms with E-state index in [0.717, 1.165) is 18.2 Å². The van der Waals surface area contributed by atoms with Gasteiger partial charge in [0, 0.05) is 6.42 Å². The molecule has 1 unspecified atom stereocenters. The Morgan fingerprint density at radius 1 is 1.39 bits per heavy atom. The van der Waals surface area contributed by atoms with Crippen LogP contribution in [0, 0.1) is 11.6 Å². The first-order valence-corrected chi connectivity index (χ1v) is 5.27. The maximum Gasteiger partial charge on any atom is 0.305 e. The van der Waals surface area contributed by atoms with Crippen molar-refractivity contribution in [1.29, 1.82) is 0 Å². The Labute approximate surface area is 103 Å². The molecule has 18 heavy (non-hydrogen) atoms. The number of nitrogens with two attached hydrogens (primary N) is 1. The lowest BCUT2D eigenvalue weighted by atomic mass is 10.0. The second-order valence-corrected chi connectivity index (χ2v) is 3.71. The molecule has 0 bridgehead atoms. The predicted octanol–water partition coefficient (Wildman–Crippen LogP) is 1.43. The zero-order valence-electron chi connectivity index (χ0n) is 9.78. The third-order valence-corrected chi connectivity index (χ3v) is 2.42. The van der Waals surface area contributed by atoms with E-state index < -0.39 is 35.0 Å². The number of rotatable bonds is 5. The molecule has 0 heterocycles. The van der Waals surface area contributed by atoms with Crippen molar-refractivity contribution in [3.8, 4) is 0 Å². The van der Waals surface area contributed by atoms with Crippen molar-refractivity contribution in [2.45, 2.75) is 18.9 Å². The van der Waals surface area contributed by atoms with E-state index in [-0.39, 0.29) is 12.8 Å². The smallest absolute Gasteiger partial charge is 0.305 e. The van der Waals surface area contributed by atoms with Crippen molar-refractivity contribution in [2.24, 2.45) is 5.73 Å². The van der Waals surface area contributed by atoms with Crippen LogP contribution in [0.4, 0.5) is 8.78 Å². The van der Waals surface area contributed by atoms with Gasteiger partial charge in [0.25, 0.3) is 0 Å². The van der Waals surface area contributed by atoms with Gasteiger partial charge in [0.05, 0.1) is 18.7 Å². The number of methoxy groups -OCH3 is 1. The van der Waals surface area contributed by atoms with Crippen LogP contribution in [0.25, 0.3) is 0 Å². The fourth-order valence-corrected chi connectivity index (χ4v) is 1.39. The number of carbonyl (C=O) groups is 2. The maximum atomic E-state index is 13.3. The van der Waals surface area contributed by atoms with Gasteiger partial charge in [-0.3, -0.25) is 9.59 Å². The number of esters is 1. The molecule has 1 aromatic carbocycles. The van der Waals surface area contributed by atoms with Gasteiger partial charge in [0.15, 0.2) is 5.78 Å². The highest BCUT2D eigenvalue weighted by Gasteiger charge is 2.20. The van der Waals surface area contributed by atoms with Crippen molar-refractivity contribution in [2.75, 3.05) is 7.11 Å². The largest absolute Gasteiger partial charge is 0.469 e. The number of benzene rings is 1. The van der Waals surface area contributed by atoms with Crippen molar-refractivity contribution < 1.29 is 23.1 Å². The van der Waals surface area contributed by atoms with Gasteiger partial charge in [-0.2, -0.15) is 0 Å². The molecule has 98 valence electrons. The summed E-state index contributed by atoms with van der Waals surface area (Å²) < 4.78 is 30.6. The molecule has 0 aliphatic heterocycles. The molecular formula is C12H13F2NO3. The quantitative estimate of drug-likeness (QED) is 0.640. The van der Waals surface area contributed by atoms with E-state index in [2.05, 4.69) is 4.74 Å². The summed E-state index contributed by atoms with van der Waals surface area (Å²) >= 11 is 0. The average Bonchev–Trinajstić information content (AvgIpc) is 2.37. The number of hydrogen-bond donors (Lipinski definition) is 1. The van der Waals surface area contributed by atoms with E-state index >= 15 is 0 Å². The molecule has 0 amide bonds. The molecule has 2 N–H and O–H groups in total. The van der Waals surface area contributed by atoms with Gasteiger partial charge in [-0.25, -0.2) is 8.78 Å². The van der Waals surface area contributed by atoms with Crippen LogP contribution in [0.3, 0.4) is 0 Å². The van der Waals surface area contributed by atoms with E-state index in [1.165, 1.54) is 7.11 Å². The van der Waals surface area contributed by atoms with Gasteiger partial charge in [-0.15, -0.1) is 0 Å². The number of Topliss-reactive ketones (excluding diaryl/α,β-unsaturated/α-hetero) is 1. The summed E-state index contributed by atoms with van der Waals surface area (Å²) in [6.07, 6.45) is -0.0399. The third kappa shape index (κ3) is 3.59. The van der Waals surface area contributed by atoms with Gasteiger partial charge in [-0.05, 0) is 24.6 Å². The number of ketones is 1.